The largest absolute Gasteiger partial charge is 0.465 e. The van der Waals surface area contributed by atoms with E-state index in [2.05, 4.69) is 6.92 Å². The second-order valence-electron chi connectivity index (χ2n) is 5.54. The Bertz CT molecular complexity index is 231. The van der Waals surface area contributed by atoms with Gasteiger partial charge in [0.25, 0.3) is 0 Å². The highest BCUT2D eigenvalue weighted by atomic mass is 16.4. The van der Waals surface area contributed by atoms with Crippen molar-refractivity contribution in [2.75, 3.05) is 6.54 Å². The summed E-state index contributed by atoms with van der Waals surface area (Å²) in [5, 5.41) is 9.03. The van der Waals surface area contributed by atoms with Gasteiger partial charge in [-0.3, -0.25) is 0 Å². The Kier molecular flexibility index (Phi) is 7.86. The van der Waals surface area contributed by atoms with Crippen molar-refractivity contribution in [3.63, 3.8) is 0 Å². The first-order valence-electron chi connectivity index (χ1n) is 7.75. The molecule has 0 aromatic carbocycles. The van der Waals surface area contributed by atoms with Crippen LogP contribution >= 0.6 is 0 Å². The summed E-state index contributed by atoms with van der Waals surface area (Å²) in [5.74, 6) is 0. The molecule has 0 bridgehead atoms. The Morgan fingerprint density at radius 2 is 1.72 bits per heavy atom. The van der Waals surface area contributed by atoms with Crippen LogP contribution < -0.4 is 0 Å². The summed E-state index contributed by atoms with van der Waals surface area (Å²) in [6, 6.07) is 0.308. The Morgan fingerprint density at radius 3 is 2.33 bits per heavy atom. The molecule has 3 heteroatoms. The van der Waals surface area contributed by atoms with Gasteiger partial charge in [-0.15, -0.1) is 0 Å². The van der Waals surface area contributed by atoms with Gasteiger partial charge >= 0.3 is 6.09 Å². The molecule has 1 saturated heterocycles. The summed E-state index contributed by atoms with van der Waals surface area (Å²) in [5.41, 5.74) is 0. The zero-order chi connectivity index (χ0) is 13.2. The maximum atomic E-state index is 11.0. The first kappa shape index (κ1) is 15.3. The second kappa shape index (κ2) is 9.23. The average Bonchev–Trinajstić information content (AvgIpc) is 2.81. The zero-order valence-electron chi connectivity index (χ0n) is 11.9. The normalized spacial score (nSPS) is 19.4. The monoisotopic (exact) mass is 255 g/mol. The highest BCUT2D eigenvalue weighted by Gasteiger charge is 2.27. The van der Waals surface area contributed by atoms with Crippen LogP contribution in [-0.2, 0) is 0 Å². The quantitative estimate of drug-likeness (QED) is 0.609. The molecule has 0 saturated carbocycles. The van der Waals surface area contributed by atoms with Crippen LogP contribution in [0.3, 0.4) is 0 Å². The molecular formula is C15H29NO2. The molecule has 1 aliphatic heterocycles. The van der Waals surface area contributed by atoms with Crippen LogP contribution in [0.25, 0.3) is 0 Å². The minimum atomic E-state index is -0.725. The molecule has 0 aromatic heterocycles. The number of carbonyl (C=O) groups is 1. The SMILES string of the molecule is CCCCCCCCCCC1CCCN1C(=O)O. The number of hydrogen-bond acceptors (Lipinski definition) is 1. The molecule has 0 aromatic rings. The first-order valence-corrected chi connectivity index (χ1v) is 7.75. The molecule has 1 rings (SSSR count). The van der Waals surface area contributed by atoms with E-state index in [4.69, 9.17) is 5.11 Å². The predicted octanol–water partition coefficient (Wildman–Crippen LogP) is 4.66. The van der Waals surface area contributed by atoms with E-state index in [9.17, 15) is 4.79 Å². The number of likely N-dealkylation sites (tertiary alicyclic amines) is 1. The van der Waals surface area contributed by atoms with E-state index in [0.717, 1.165) is 25.8 Å². The lowest BCUT2D eigenvalue weighted by molar-refractivity contribution is 0.137. The minimum absolute atomic E-state index is 0.308. The van der Waals surface area contributed by atoms with Crippen molar-refractivity contribution < 1.29 is 9.90 Å². The minimum Gasteiger partial charge on any atom is -0.465 e. The summed E-state index contributed by atoms with van der Waals surface area (Å²) in [6.45, 7) is 2.99. The van der Waals surface area contributed by atoms with Crippen molar-refractivity contribution >= 4 is 6.09 Å². The molecule has 1 amide bonds. The van der Waals surface area contributed by atoms with Gasteiger partial charge < -0.3 is 10.0 Å². The standard InChI is InChI=1S/C15H29NO2/c1-2-3-4-5-6-7-8-9-11-14-12-10-13-16(14)15(17)18/h14H,2-13H2,1H3,(H,17,18). The molecule has 1 fully saturated rings. The van der Waals surface area contributed by atoms with Gasteiger partial charge in [-0.25, -0.2) is 4.79 Å². The van der Waals surface area contributed by atoms with Gasteiger partial charge in [-0.05, 0) is 19.3 Å². The smallest absolute Gasteiger partial charge is 0.407 e. The van der Waals surface area contributed by atoms with E-state index >= 15 is 0 Å². The van der Waals surface area contributed by atoms with Crippen LogP contribution in [0, 0.1) is 0 Å². The van der Waals surface area contributed by atoms with Crippen molar-refractivity contribution in [3.8, 4) is 0 Å². The Labute approximate surface area is 112 Å². The molecule has 1 N–H and O–H groups in total. The summed E-state index contributed by atoms with van der Waals surface area (Å²) in [7, 11) is 0. The van der Waals surface area contributed by atoms with Crippen molar-refractivity contribution in [2.45, 2.75) is 83.6 Å². The van der Waals surface area contributed by atoms with Crippen LogP contribution in [0.5, 0.6) is 0 Å². The molecular weight excluding hydrogens is 226 g/mol. The van der Waals surface area contributed by atoms with E-state index in [1.165, 1.54) is 51.4 Å². The Morgan fingerprint density at radius 1 is 1.11 bits per heavy atom. The number of rotatable bonds is 9. The maximum Gasteiger partial charge on any atom is 0.407 e. The van der Waals surface area contributed by atoms with Crippen LogP contribution in [0.2, 0.25) is 0 Å². The van der Waals surface area contributed by atoms with Gasteiger partial charge in [0.1, 0.15) is 0 Å². The van der Waals surface area contributed by atoms with Gasteiger partial charge in [0.05, 0.1) is 0 Å². The van der Waals surface area contributed by atoms with Gasteiger partial charge in [-0.2, -0.15) is 0 Å². The molecule has 1 atom stereocenters. The summed E-state index contributed by atoms with van der Waals surface area (Å²) in [6.07, 6.45) is 13.1. The second-order valence-corrected chi connectivity index (χ2v) is 5.54. The van der Waals surface area contributed by atoms with Crippen molar-refractivity contribution in [2.24, 2.45) is 0 Å². The Balaban J connectivity index is 1.96. The van der Waals surface area contributed by atoms with Crippen LogP contribution in [-0.4, -0.2) is 28.7 Å². The van der Waals surface area contributed by atoms with Gasteiger partial charge in [-0.1, -0.05) is 58.3 Å². The third-order valence-corrected chi connectivity index (χ3v) is 4.01. The van der Waals surface area contributed by atoms with E-state index in [1.807, 2.05) is 0 Å². The molecule has 0 radical (unpaired) electrons. The van der Waals surface area contributed by atoms with Gasteiger partial charge in [0, 0.05) is 12.6 Å². The Hall–Kier alpha value is -0.730. The molecule has 0 aliphatic carbocycles. The van der Waals surface area contributed by atoms with E-state index in [0.29, 0.717) is 6.04 Å². The highest BCUT2D eigenvalue weighted by Crippen LogP contribution is 2.22. The number of unbranched alkanes of at least 4 members (excludes halogenated alkanes) is 7. The van der Waals surface area contributed by atoms with Crippen LogP contribution in [0.4, 0.5) is 4.79 Å². The third kappa shape index (κ3) is 5.74. The van der Waals surface area contributed by atoms with Crippen molar-refractivity contribution in [1.29, 1.82) is 0 Å². The number of amides is 1. The highest BCUT2D eigenvalue weighted by molar-refractivity contribution is 5.65. The molecule has 0 spiro atoms. The summed E-state index contributed by atoms with van der Waals surface area (Å²) in [4.78, 5) is 12.6. The molecule has 18 heavy (non-hydrogen) atoms. The van der Waals surface area contributed by atoms with Crippen LogP contribution in [0.1, 0.15) is 77.6 Å². The third-order valence-electron chi connectivity index (χ3n) is 4.01. The van der Waals surface area contributed by atoms with Crippen LogP contribution in [0.15, 0.2) is 0 Å². The lowest BCUT2D eigenvalue weighted by atomic mass is 10.0. The molecule has 106 valence electrons. The number of hydrogen-bond donors (Lipinski definition) is 1. The lowest BCUT2D eigenvalue weighted by Crippen LogP contribution is -2.34. The van der Waals surface area contributed by atoms with Gasteiger partial charge in [0.15, 0.2) is 0 Å². The molecule has 3 nitrogen and oxygen atoms in total. The number of carboxylic acid groups (broad SMARTS) is 1. The molecule has 1 unspecified atom stereocenters. The lowest BCUT2D eigenvalue weighted by Gasteiger charge is -2.21. The van der Waals surface area contributed by atoms with E-state index in [-0.39, 0.29) is 0 Å². The van der Waals surface area contributed by atoms with Crippen molar-refractivity contribution in [1.82, 2.24) is 4.90 Å². The van der Waals surface area contributed by atoms with E-state index in [1.54, 1.807) is 4.90 Å². The fourth-order valence-electron chi connectivity index (χ4n) is 2.90. The van der Waals surface area contributed by atoms with Gasteiger partial charge in [0.2, 0.25) is 0 Å². The van der Waals surface area contributed by atoms with E-state index < -0.39 is 6.09 Å². The fourth-order valence-corrected chi connectivity index (χ4v) is 2.90. The average molecular weight is 255 g/mol. The fraction of sp³-hybridized carbons (Fsp3) is 0.933. The first-order chi connectivity index (χ1) is 8.75. The zero-order valence-corrected chi connectivity index (χ0v) is 11.9. The summed E-state index contributed by atoms with van der Waals surface area (Å²) < 4.78 is 0. The predicted molar refractivity (Wildman–Crippen MR) is 75.0 cm³/mol. The maximum absolute atomic E-state index is 11.0. The topological polar surface area (TPSA) is 40.5 Å². The molecule has 1 aliphatic rings. The summed E-state index contributed by atoms with van der Waals surface area (Å²) >= 11 is 0. The molecule has 1 heterocycles. The number of nitrogens with zero attached hydrogens (tertiary/aromatic N) is 1. The van der Waals surface area contributed by atoms with Crippen molar-refractivity contribution in [3.05, 3.63) is 0 Å².